The van der Waals surface area contributed by atoms with Gasteiger partial charge in [0.15, 0.2) is 0 Å². The number of benzene rings is 2. The van der Waals surface area contributed by atoms with Gasteiger partial charge in [-0.25, -0.2) is 13.4 Å². The SMILES string of the molecule is Cc1nccn1-c1ccc(CS(=O)(=O)N2CCN(c3cnn(-c4cccc(Cl)c4)c(=O)c3OCC3(C)CC3)CC2)cc1. The van der Waals surface area contributed by atoms with Gasteiger partial charge in [-0.1, -0.05) is 36.7 Å². The van der Waals surface area contributed by atoms with Crippen molar-refractivity contribution in [2.24, 2.45) is 5.41 Å². The van der Waals surface area contributed by atoms with Crippen LogP contribution >= 0.6 is 11.6 Å². The minimum Gasteiger partial charge on any atom is -0.486 e. The van der Waals surface area contributed by atoms with E-state index in [2.05, 4.69) is 17.0 Å². The van der Waals surface area contributed by atoms with E-state index in [4.69, 9.17) is 16.3 Å². The quantitative estimate of drug-likeness (QED) is 0.280. The largest absolute Gasteiger partial charge is 0.486 e. The number of hydrogen-bond donors (Lipinski definition) is 0. The fourth-order valence-electron chi connectivity index (χ4n) is 5.10. The molecule has 2 aromatic heterocycles. The van der Waals surface area contributed by atoms with E-state index in [0.717, 1.165) is 29.9 Å². The Hall–Kier alpha value is -3.67. The third kappa shape index (κ3) is 5.95. The van der Waals surface area contributed by atoms with Crippen LogP contribution in [0.25, 0.3) is 11.4 Å². The van der Waals surface area contributed by atoms with Gasteiger partial charge in [0.25, 0.3) is 0 Å². The molecule has 0 unspecified atom stereocenters. The van der Waals surface area contributed by atoms with E-state index >= 15 is 0 Å². The number of ether oxygens (including phenoxy) is 1. The number of aromatic nitrogens is 4. The fraction of sp³-hybridized carbons (Fsp3) is 0.367. The first-order valence-electron chi connectivity index (χ1n) is 14.0. The van der Waals surface area contributed by atoms with Crippen molar-refractivity contribution in [3.8, 4) is 17.1 Å². The second kappa shape index (κ2) is 11.2. The van der Waals surface area contributed by atoms with E-state index in [1.165, 1.54) is 8.99 Å². The van der Waals surface area contributed by atoms with Crippen LogP contribution in [-0.2, 0) is 15.8 Å². The zero-order chi connectivity index (χ0) is 29.5. The highest BCUT2D eigenvalue weighted by Gasteiger charge is 2.39. The molecule has 1 saturated heterocycles. The molecule has 0 spiro atoms. The maximum atomic E-state index is 13.6. The standard InChI is InChI=1S/C30H33ClN6O4S/c1-22-32-12-13-36(22)25-8-6-23(7-9-25)20-42(39,40)35-16-14-34(15-17-35)27-19-33-37(26-5-3-4-24(31)18-26)29(38)28(27)41-21-30(2)10-11-30/h3-9,12-13,18-19H,10-11,14-17,20-21H2,1-2H3. The molecule has 0 atom stereocenters. The summed E-state index contributed by atoms with van der Waals surface area (Å²) in [5.41, 5.74) is 2.46. The first kappa shape index (κ1) is 28.4. The summed E-state index contributed by atoms with van der Waals surface area (Å²) in [7, 11) is -3.54. The van der Waals surface area contributed by atoms with Crippen LogP contribution in [0, 0.1) is 12.3 Å². The maximum absolute atomic E-state index is 13.6. The van der Waals surface area contributed by atoms with E-state index in [1.54, 1.807) is 36.7 Å². The van der Waals surface area contributed by atoms with Crippen LogP contribution in [-0.4, -0.2) is 64.8 Å². The van der Waals surface area contributed by atoms with E-state index in [0.29, 0.717) is 49.2 Å². The molecule has 12 heteroatoms. The number of nitrogens with zero attached hydrogens (tertiary/aromatic N) is 6. The lowest BCUT2D eigenvalue weighted by molar-refractivity contribution is 0.242. The van der Waals surface area contributed by atoms with E-state index in [-0.39, 0.29) is 22.5 Å². The van der Waals surface area contributed by atoms with Gasteiger partial charge in [-0.3, -0.25) is 4.79 Å². The minimum absolute atomic E-state index is 0.0659. The number of anilines is 1. The van der Waals surface area contributed by atoms with Crippen molar-refractivity contribution >= 4 is 27.3 Å². The van der Waals surface area contributed by atoms with Crippen LogP contribution in [0.15, 0.2) is 71.9 Å². The molecular weight excluding hydrogens is 576 g/mol. The summed E-state index contributed by atoms with van der Waals surface area (Å²) in [6.45, 7) is 5.90. The van der Waals surface area contributed by atoms with E-state index in [1.807, 2.05) is 46.9 Å². The van der Waals surface area contributed by atoms with Gasteiger partial charge >= 0.3 is 5.56 Å². The molecule has 2 aromatic carbocycles. The third-order valence-corrected chi connectivity index (χ3v) is 10.1. The molecule has 0 radical (unpaired) electrons. The Bertz CT molecular complexity index is 1760. The normalized spacial score (nSPS) is 16.9. The topological polar surface area (TPSA) is 103 Å². The first-order valence-corrected chi connectivity index (χ1v) is 15.9. The minimum atomic E-state index is -3.54. The lowest BCUT2D eigenvalue weighted by atomic mass is 10.2. The predicted molar refractivity (Wildman–Crippen MR) is 162 cm³/mol. The second-order valence-corrected chi connectivity index (χ2v) is 13.7. The molecule has 42 heavy (non-hydrogen) atoms. The summed E-state index contributed by atoms with van der Waals surface area (Å²) >= 11 is 6.16. The molecule has 0 N–H and O–H groups in total. The number of imidazole rings is 1. The van der Waals surface area contributed by atoms with Crippen molar-refractivity contribution in [2.75, 3.05) is 37.7 Å². The van der Waals surface area contributed by atoms with Gasteiger partial charge in [-0.15, -0.1) is 0 Å². The number of halogens is 1. The third-order valence-electron chi connectivity index (χ3n) is 8.00. The maximum Gasteiger partial charge on any atom is 0.316 e. The van der Waals surface area contributed by atoms with Crippen LogP contribution < -0.4 is 15.2 Å². The number of hydrogen-bond acceptors (Lipinski definition) is 7. The second-order valence-electron chi connectivity index (χ2n) is 11.3. The van der Waals surface area contributed by atoms with Crippen LogP contribution in [0.4, 0.5) is 5.69 Å². The van der Waals surface area contributed by atoms with Crippen molar-refractivity contribution < 1.29 is 13.2 Å². The highest BCUT2D eigenvalue weighted by atomic mass is 35.5. The average molecular weight is 609 g/mol. The molecule has 6 rings (SSSR count). The Morgan fingerprint density at radius 1 is 1.02 bits per heavy atom. The number of aryl methyl sites for hydroxylation is 1. The zero-order valence-electron chi connectivity index (χ0n) is 23.6. The molecule has 2 aliphatic rings. The average Bonchev–Trinajstić information content (AvgIpc) is 3.56. The summed E-state index contributed by atoms with van der Waals surface area (Å²) < 4.78 is 37.6. The number of rotatable bonds is 9. The molecule has 10 nitrogen and oxygen atoms in total. The van der Waals surface area contributed by atoms with Crippen molar-refractivity contribution in [2.45, 2.75) is 32.4 Å². The molecule has 220 valence electrons. The Kier molecular flexibility index (Phi) is 7.59. The van der Waals surface area contributed by atoms with Crippen molar-refractivity contribution in [3.63, 3.8) is 0 Å². The summed E-state index contributed by atoms with van der Waals surface area (Å²) in [6, 6.07) is 14.4. The molecule has 1 saturated carbocycles. The number of piperazine rings is 1. The Labute approximate surface area is 250 Å². The monoisotopic (exact) mass is 608 g/mol. The summed E-state index contributed by atoms with van der Waals surface area (Å²) in [4.78, 5) is 19.8. The van der Waals surface area contributed by atoms with Gasteiger partial charge in [-0.2, -0.15) is 14.1 Å². The Balaban J connectivity index is 1.17. The molecule has 1 aliphatic carbocycles. The van der Waals surface area contributed by atoms with Gasteiger partial charge in [0.2, 0.25) is 15.8 Å². The summed E-state index contributed by atoms with van der Waals surface area (Å²) in [5, 5.41) is 4.93. The summed E-state index contributed by atoms with van der Waals surface area (Å²) in [5.74, 6) is 1.00. The Morgan fingerprint density at radius 2 is 1.76 bits per heavy atom. The highest BCUT2D eigenvalue weighted by Crippen LogP contribution is 2.45. The first-order chi connectivity index (χ1) is 20.1. The number of sulfonamides is 1. The molecule has 0 bridgehead atoms. The Morgan fingerprint density at radius 3 is 2.40 bits per heavy atom. The molecule has 1 aliphatic heterocycles. The van der Waals surface area contributed by atoms with Gasteiger partial charge in [0.05, 0.1) is 24.2 Å². The fourth-order valence-corrected chi connectivity index (χ4v) is 6.80. The highest BCUT2D eigenvalue weighted by molar-refractivity contribution is 7.88. The van der Waals surface area contributed by atoms with Crippen molar-refractivity contribution in [1.29, 1.82) is 0 Å². The zero-order valence-corrected chi connectivity index (χ0v) is 25.2. The van der Waals surface area contributed by atoms with E-state index < -0.39 is 10.0 Å². The van der Waals surface area contributed by atoms with Gasteiger partial charge in [-0.05, 0) is 55.7 Å². The lowest BCUT2D eigenvalue weighted by Crippen LogP contribution is -2.49. The van der Waals surface area contributed by atoms with Crippen LogP contribution in [0.3, 0.4) is 0 Å². The molecule has 4 aromatic rings. The predicted octanol–water partition coefficient (Wildman–Crippen LogP) is 4.21. The van der Waals surface area contributed by atoms with Gasteiger partial charge < -0.3 is 14.2 Å². The van der Waals surface area contributed by atoms with Crippen LogP contribution in [0.1, 0.15) is 31.2 Å². The summed E-state index contributed by atoms with van der Waals surface area (Å²) in [6.07, 6.45) is 7.34. The van der Waals surface area contributed by atoms with Crippen LogP contribution in [0.2, 0.25) is 5.02 Å². The van der Waals surface area contributed by atoms with Gasteiger partial charge in [0.1, 0.15) is 11.5 Å². The molecule has 2 fully saturated rings. The van der Waals surface area contributed by atoms with Crippen molar-refractivity contribution in [3.05, 3.63) is 93.9 Å². The van der Waals surface area contributed by atoms with E-state index in [9.17, 15) is 13.2 Å². The van der Waals surface area contributed by atoms with Gasteiger partial charge in [0, 0.05) is 54.7 Å². The molecular formula is C30H33ClN6O4S. The van der Waals surface area contributed by atoms with Crippen molar-refractivity contribution in [1.82, 2.24) is 23.6 Å². The molecule has 0 amide bonds. The van der Waals surface area contributed by atoms with Crippen LogP contribution in [0.5, 0.6) is 5.75 Å². The molecule has 3 heterocycles. The smallest absolute Gasteiger partial charge is 0.316 e. The lowest BCUT2D eigenvalue weighted by Gasteiger charge is -2.35.